The highest BCUT2D eigenvalue weighted by Gasteiger charge is 2.11. The molecule has 0 aliphatic heterocycles. The Morgan fingerprint density at radius 2 is 1.94 bits per heavy atom. The van der Waals surface area contributed by atoms with Crippen LogP contribution in [-0.4, -0.2) is 14.5 Å². The molecule has 0 saturated heterocycles. The number of hydrogen-bond donors (Lipinski definition) is 0. The van der Waals surface area contributed by atoms with E-state index in [0.717, 1.165) is 27.6 Å². The van der Waals surface area contributed by atoms with Gasteiger partial charge < -0.3 is 4.57 Å². The fourth-order valence-electron chi connectivity index (χ4n) is 2.14. The Hall–Kier alpha value is -1.68. The standard InChI is InChI=1S/C14H12BrN3/c1-18-8-11(15)13-12(16-9-17-14(13)18)7-10-5-3-2-4-6-10/h2-6,8-9H,7H2,1H3. The largest absolute Gasteiger partial charge is 0.334 e. The lowest BCUT2D eigenvalue weighted by Gasteiger charge is -2.03. The second-order valence-corrected chi connectivity index (χ2v) is 5.12. The molecule has 0 fully saturated rings. The molecular formula is C14H12BrN3. The molecule has 90 valence electrons. The van der Waals surface area contributed by atoms with E-state index in [1.807, 2.05) is 36.0 Å². The van der Waals surface area contributed by atoms with E-state index in [1.165, 1.54) is 5.56 Å². The van der Waals surface area contributed by atoms with Crippen molar-refractivity contribution in [2.45, 2.75) is 6.42 Å². The predicted molar refractivity (Wildman–Crippen MR) is 75.5 cm³/mol. The molecule has 18 heavy (non-hydrogen) atoms. The number of hydrogen-bond acceptors (Lipinski definition) is 2. The summed E-state index contributed by atoms with van der Waals surface area (Å²) in [6.07, 6.45) is 4.48. The third-order valence-electron chi connectivity index (χ3n) is 3.00. The molecule has 3 rings (SSSR count). The molecule has 2 heterocycles. The van der Waals surface area contributed by atoms with Gasteiger partial charge in [0.2, 0.25) is 0 Å². The number of halogens is 1. The number of nitrogens with zero attached hydrogens (tertiary/aromatic N) is 3. The number of rotatable bonds is 2. The van der Waals surface area contributed by atoms with Crippen molar-refractivity contribution in [3.8, 4) is 0 Å². The zero-order valence-electron chi connectivity index (χ0n) is 9.97. The van der Waals surface area contributed by atoms with Crippen LogP contribution >= 0.6 is 15.9 Å². The van der Waals surface area contributed by atoms with Crippen LogP contribution in [0.3, 0.4) is 0 Å². The van der Waals surface area contributed by atoms with Crippen LogP contribution in [0, 0.1) is 0 Å². The van der Waals surface area contributed by atoms with Crippen LogP contribution in [-0.2, 0) is 13.5 Å². The average Bonchev–Trinajstić information content (AvgIpc) is 2.67. The van der Waals surface area contributed by atoms with Gasteiger partial charge >= 0.3 is 0 Å². The molecule has 3 aromatic rings. The van der Waals surface area contributed by atoms with Crippen molar-refractivity contribution >= 4 is 27.0 Å². The molecule has 0 radical (unpaired) electrons. The zero-order chi connectivity index (χ0) is 12.5. The Morgan fingerprint density at radius 3 is 2.72 bits per heavy atom. The summed E-state index contributed by atoms with van der Waals surface area (Å²) in [5.41, 5.74) is 3.27. The molecule has 0 amide bonds. The number of aryl methyl sites for hydroxylation is 1. The monoisotopic (exact) mass is 301 g/mol. The summed E-state index contributed by atoms with van der Waals surface area (Å²) < 4.78 is 3.06. The molecule has 0 unspecified atom stereocenters. The molecule has 0 aliphatic carbocycles. The highest BCUT2D eigenvalue weighted by atomic mass is 79.9. The van der Waals surface area contributed by atoms with Crippen LogP contribution in [0.5, 0.6) is 0 Å². The second-order valence-electron chi connectivity index (χ2n) is 4.27. The Morgan fingerprint density at radius 1 is 1.17 bits per heavy atom. The van der Waals surface area contributed by atoms with Gasteiger partial charge in [-0.15, -0.1) is 0 Å². The maximum absolute atomic E-state index is 4.42. The summed E-state index contributed by atoms with van der Waals surface area (Å²) in [6, 6.07) is 10.4. The van der Waals surface area contributed by atoms with Crippen LogP contribution in [0.4, 0.5) is 0 Å². The van der Waals surface area contributed by atoms with Gasteiger partial charge in [-0.3, -0.25) is 0 Å². The van der Waals surface area contributed by atoms with Crippen LogP contribution in [0.1, 0.15) is 11.3 Å². The Balaban J connectivity index is 2.12. The lowest BCUT2D eigenvalue weighted by Crippen LogP contribution is -1.96. The van der Waals surface area contributed by atoms with Gasteiger partial charge in [0.15, 0.2) is 0 Å². The molecule has 0 bridgehead atoms. The minimum atomic E-state index is 0.822. The zero-order valence-corrected chi connectivity index (χ0v) is 11.6. The first-order valence-electron chi connectivity index (χ1n) is 5.74. The summed E-state index contributed by atoms with van der Waals surface area (Å²) in [5, 5.41) is 1.10. The van der Waals surface area contributed by atoms with Gasteiger partial charge in [0.25, 0.3) is 0 Å². The van der Waals surface area contributed by atoms with E-state index in [2.05, 4.69) is 38.0 Å². The fourth-order valence-corrected chi connectivity index (χ4v) is 2.86. The second kappa shape index (κ2) is 4.53. The van der Waals surface area contributed by atoms with Crippen molar-refractivity contribution in [3.05, 3.63) is 58.6 Å². The van der Waals surface area contributed by atoms with Crippen LogP contribution in [0.15, 0.2) is 47.3 Å². The lowest BCUT2D eigenvalue weighted by molar-refractivity contribution is 0.936. The molecule has 2 aromatic heterocycles. The highest BCUT2D eigenvalue weighted by Crippen LogP contribution is 2.27. The van der Waals surface area contributed by atoms with Crippen molar-refractivity contribution in [1.82, 2.24) is 14.5 Å². The Labute approximate surface area is 114 Å². The van der Waals surface area contributed by atoms with E-state index in [0.29, 0.717) is 0 Å². The van der Waals surface area contributed by atoms with E-state index >= 15 is 0 Å². The molecule has 3 nitrogen and oxygen atoms in total. The van der Waals surface area contributed by atoms with E-state index in [1.54, 1.807) is 6.33 Å². The highest BCUT2D eigenvalue weighted by molar-refractivity contribution is 9.10. The normalized spacial score (nSPS) is 11.0. The third kappa shape index (κ3) is 1.93. The molecule has 0 N–H and O–H groups in total. The maximum Gasteiger partial charge on any atom is 0.144 e. The minimum absolute atomic E-state index is 0.822. The van der Waals surface area contributed by atoms with Gasteiger partial charge in [-0.05, 0) is 21.5 Å². The minimum Gasteiger partial charge on any atom is -0.334 e. The van der Waals surface area contributed by atoms with E-state index in [4.69, 9.17) is 0 Å². The predicted octanol–water partition coefficient (Wildman–Crippen LogP) is 3.32. The van der Waals surface area contributed by atoms with E-state index in [9.17, 15) is 0 Å². The number of aromatic nitrogens is 3. The smallest absolute Gasteiger partial charge is 0.144 e. The first kappa shape index (κ1) is 11.4. The van der Waals surface area contributed by atoms with Crippen molar-refractivity contribution in [2.24, 2.45) is 7.05 Å². The van der Waals surface area contributed by atoms with Gasteiger partial charge in [0.05, 0.1) is 11.1 Å². The van der Waals surface area contributed by atoms with Gasteiger partial charge in [-0.25, -0.2) is 9.97 Å². The molecule has 1 aromatic carbocycles. The fraction of sp³-hybridized carbons (Fsp3) is 0.143. The summed E-state index contributed by atoms with van der Waals surface area (Å²) in [6.45, 7) is 0. The Bertz CT molecular complexity index is 689. The van der Waals surface area contributed by atoms with Crippen molar-refractivity contribution in [3.63, 3.8) is 0 Å². The van der Waals surface area contributed by atoms with E-state index < -0.39 is 0 Å². The number of benzene rings is 1. The molecule has 0 atom stereocenters. The molecule has 0 aliphatic rings. The summed E-state index contributed by atoms with van der Waals surface area (Å²) >= 11 is 3.58. The Kier molecular flexibility index (Phi) is 2.88. The SMILES string of the molecule is Cn1cc(Br)c2c(Cc3ccccc3)ncnc21. The summed E-state index contributed by atoms with van der Waals surface area (Å²) in [4.78, 5) is 8.75. The average molecular weight is 302 g/mol. The topological polar surface area (TPSA) is 30.7 Å². The van der Waals surface area contributed by atoms with Crippen LogP contribution in [0.2, 0.25) is 0 Å². The first-order valence-corrected chi connectivity index (χ1v) is 6.53. The maximum atomic E-state index is 4.42. The molecule has 0 spiro atoms. The summed E-state index contributed by atoms with van der Waals surface area (Å²) in [5.74, 6) is 0. The first-order chi connectivity index (χ1) is 8.75. The van der Waals surface area contributed by atoms with Gasteiger partial charge in [-0.2, -0.15) is 0 Å². The lowest BCUT2D eigenvalue weighted by atomic mass is 10.1. The third-order valence-corrected chi connectivity index (χ3v) is 3.60. The number of fused-ring (bicyclic) bond motifs is 1. The van der Waals surface area contributed by atoms with Crippen LogP contribution in [0.25, 0.3) is 11.0 Å². The van der Waals surface area contributed by atoms with Crippen molar-refractivity contribution in [1.29, 1.82) is 0 Å². The van der Waals surface area contributed by atoms with Crippen molar-refractivity contribution < 1.29 is 0 Å². The van der Waals surface area contributed by atoms with Gasteiger partial charge in [-0.1, -0.05) is 30.3 Å². The summed E-state index contributed by atoms with van der Waals surface area (Å²) in [7, 11) is 1.99. The molecule has 0 saturated carbocycles. The molecular weight excluding hydrogens is 290 g/mol. The van der Waals surface area contributed by atoms with Gasteiger partial charge in [0, 0.05) is 24.1 Å². The quantitative estimate of drug-likeness (QED) is 0.727. The molecule has 4 heteroatoms. The van der Waals surface area contributed by atoms with Crippen LogP contribution < -0.4 is 0 Å². The van der Waals surface area contributed by atoms with Crippen molar-refractivity contribution in [2.75, 3.05) is 0 Å². The van der Waals surface area contributed by atoms with E-state index in [-0.39, 0.29) is 0 Å². The van der Waals surface area contributed by atoms with Gasteiger partial charge in [0.1, 0.15) is 12.0 Å².